The van der Waals surface area contributed by atoms with E-state index < -0.39 is 0 Å². The molecule has 0 aromatic heterocycles. The van der Waals surface area contributed by atoms with Gasteiger partial charge in [0.1, 0.15) is 5.75 Å². The highest BCUT2D eigenvalue weighted by Gasteiger charge is 2.06. The lowest BCUT2D eigenvalue weighted by molar-refractivity contribution is -0.121. The van der Waals surface area contributed by atoms with E-state index in [1.807, 2.05) is 32.0 Å². The molecule has 0 aliphatic carbocycles. The fourth-order valence-corrected chi connectivity index (χ4v) is 2.47. The third-order valence-corrected chi connectivity index (χ3v) is 3.82. The van der Waals surface area contributed by atoms with E-state index in [1.165, 1.54) is 5.56 Å². The molecule has 0 aliphatic heterocycles. The Balaban J connectivity index is 1.78. The third kappa shape index (κ3) is 5.64. The molecule has 2 N–H and O–H groups in total. The van der Waals surface area contributed by atoms with Crippen molar-refractivity contribution in [1.29, 1.82) is 0 Å². The van der Waals surface area contributed by atoms with Gasteiger partial charge in [-0.15, -0.1) is 0 Å². The Morgan fingerprint density at radius 2 is 1.88 bits per heavy atom. The Morgan fingerprint density at radius 1 is 1.08 bits per heavy atom. The van der Waals surface area contributed by atoms with Crippen molar-refractivity contribution in [2.75, 3.05) is 13.7 Å². The van der Waals surface area contributed by atoms with Crippen LogP contribution in [0.5, 0.6) is 5.75 Å². The molecule has 2 aromatic rings. The molecule has 0 saturated carbocycles. The van der Waals surface area contributed by atoms with Gasteiger partial charge in [-0.1, -0.05) is 29.8 Å². The van der Waals surface area contributed by atoms with Crippen LogP contribution in [-0.4, -0.2) is 25.5 Å². The van der Waals surface area contributed by atoms with E-state index in [-0.39, 0.29) is 18.2 Å². The fraction of sp³-hybridized carbons (Fsp3) is 0.300. The number of carbonyl (C=O) groups is 2. The maximum absolute atomic E-state index is 12.0. The Labute approximate surface area is 148 Å². The average Bonchev–Trinajstić information content (AvgIpc) is 2.61. The summed E-state index contributed by atoms with van der Waals surface area (Å²) in [6, 6.07) is 13.1. The van der Waals surface area contributed by atoms with Crippen LogP contribution in [0.25, 0.3) is 0 Å². The summed E-state index contributed by atoms with van der Waals surface area (Å²) in [6.45, 7) is 4.73. The molecule has 2 aromatic carbocycles. The largest absolute Gasteiger partial charge is 0.493 e. The molecule has 0 radical (unpaired) electrons. The average molecular weight is 340 g/mol. The van der Waals surface area contributed by atoms with Crippen molar-refractivity contribution in [3.05, 3.63) is 64.7 Å². The van der Waals surface area contributed by atoms with Crippen LogP contribution in [0.3, 0.4) is 0 Å². The zero-order valence-corrected chi connectivity index (χ0v) is 14.9. The van der Waals surface area contributed by atoms with Crippen LogP contribution in [0.2, 0.25) is 0 Å². The number of carbonyl (C=O) groups excluding carboxylic acids is 2. The number of hydrogen-bond acceptors (Lipinski definition) is 3. The second-order valence-electron chi connectivity index (χ2n) is 5.92. The Morgan fingerprint density at radius 3 is 2.60 bits per heavy atom. The van der Waals surface area contributed by atoms with Crippen LogP contribution < -0.4 is 15.4 Å². The summed E-state index contributed by atoms with van der Waals surface area (Å²) in [5.74, 6) is 0.571. The molecule has 132 valence electrons. The van der Waals surface area contributed by atoms with Crippen molar-refractivity contribution in [3.63, 3.8) is 0 Å². The quantitative estimate of drug-likeness (QED) is 0.814. The van der Waals surface area contributed by atoms with Gasteiger partial charge in [-0.25, -0.2) is 0 Å². The van der Waals surface area contributed by atoms with E-state index in [4.69, 9.17) is 4.74 Å². The second-order valence-corrected chi connectivity index (χ2v) is 5.92. The van der Waals surface area contributed by atoms with Crippen molar-refractivity contribution in [2.24, 2.45) is 0 Å². The number of hydrogen-bond donors (Lipinski definition) is 2. The monoisotopic (exact) mass is 340 g/mol. The standard InChI is InChI=1S/C20H24N2O3/c1-14-7-8-18(15(2)11-14)25-10-9-19(23)22-13-16-5-4-6-17(12-16)20(24)21-3/h4-8,11-12H,9-10,13H2,1-3H3,(H,21,24)(H,22,23). The number of benzene rings is 2. The highest BCUT2D eigenvalue weighted by molar-refractivity contribution is 5.94. The minimum absolute atomic E-state index is 0.0879. The first kappa shape index (κ1) is 18.5. The van der Waals surface area contributed by atoms with Crippen LogP contribution in [-0.2, 0) is 11.3 Å². The molecule has 0 saturated heterocycles. The van der Waals surface area contributed by atoms with Crippen LogP contribution in [0.1, 0.15) is 33.5 Å². The zero-order valence-electron chi connectivity index (χ0n) is 14.9. The molecule has 0 unspecified atom stereocenters. The van der Waals surface area contributed by atoms with Crippen LogP contribution in [0.15, 0.2) is 42.5 Å². The van der Waals surface area contributed by atoms with Crippen LogP contribution >= 0.6 is 0 Å². The molecule has 5 heteroatoms. The van der Waals surface area contributed by atoms with Crippen molar-refractivity contribution in [2.45, 2.75) is 26.8 Å². The molecule has 25 heavy (non-hydrogen) atoms. The summed E-state index contributed by atoms with van der Waals surface area (Å²) >= 11 is 0. The van der Waals surface area contributed by atoms with Gasteiger partial charge in [0, 0.05) is 19.2 Å². The van der Waals surface area contributed by atoms with E-state index in [0.717, 1.165) is 16.9 Å². The molecule has 2 amide bonds. The molecule has 0 heterocycles. The molecule has 5 nitrogen and oxygen atoms in total. The predicted octanol–water partition coefficient (Wildman–Crippen LogP) is 2.75. The first-order valence-electron chi connectivity index (χ1n) is 8.27. The van der Waals surface area contributed by atoms with Crippen molar-refractivity contribution >= 4 is 11.8 Å². The van der Waals surface area contributed by atoms with Gasteiger partial charge in [-0.3, -0.25) is 9.59 Å². The topological polar surface area (TPSA) is 67.4 Å². The lowest BCUT2D eigenvalue weighted by Gasteiger charge is -2.10. The lowest BCUT2D eigenvalue weighted by atomic mass is 10.1. The molecule has 2 rings (SSSR count). The van der Waals surface area contributed by atoms with Gasteiger partial charge in [0.05, 0.1) is 13.0 Å². The minimum atomic E-state index is -0.143. The molecule has 0 bridgehead atoms. The van der Waals surface area contributed by atoms with E-state index in [9.17, 15) is 9.59 Å². The van der Waals surface area contributed by atoms with E-state index in [2.05, 4.69) is 16.7 Å². The Kier molecular flexibility index (Phi) is 6.57. The van der Waals surface area contributed by atoms with Gasteiger partial charge in [-0.05, 0) is 43.2 Å². The molecule has 0 fully saturated rings. The molecule has 0 atom stereocenters. The van der Waals surface area contributed by atoms with Gasteiger partial charge >= 0.3 is 0 Å². The summed E-state index contributed by atoms with van der Waals surface area (Å²) in [7, 11) is 1.59. The van der Waals surface area contributed by atoms with E-state index >= 15 is 0 Å². The fourth-order valence-electron chi connectivity index (χ4n) is 2.47. The minimum Gasteiger partial charge on any atom is -0.493 e. The zero-order chi connectivity index (χ0) is 18.2. The van der Waals surface area contributed by atoms with E-state index in [0.29, 0.717) is 18.7 Å². The number of ether oxygens (including phenoxy) is 1. The Hall–Kier alpha value is -2.82. The van der Waals surface area contributed by atoms with Crippen molar-refractivity contribution in [1.82, 2.24) is 10.6 Å². The van der Waals surface area contributed by atoms with Gasteiger partial charge in [-0.2, -0.15) is 0 Å². The van der Waals surface area contributed by atoms with Gasteiger partial charge in [0.25, 0.3) is 5.91 Å². The van der Waals surface area contributed by atoms with E-state index in [1.54, 1.807) is 25.2 Å². The lowest BCUT2D eigenvalue weighted by Crippen LogP contribution is -2.25. The molecular formula is C20H24N2O3. The summed E-state index contributed by atoms with van der Waals surface area (Å²) in [4.78, 5) is 23.6. The van der Waals surface area contributed by atoms with Gasteiger partial charge < -0.3 is 15.4 Å². The smallest absolute Gasteiger partial charge is 0.251 e. The number of amides is 2. The normalized spacial score (nSPS) is 10.2. The predicted molar refractivity (Wildman–Crippen MR) is 97.7 cm³/mol. The van der Waals surface area contributed by atoms with Crippen LogP contribution in [0, 0.1) is 13.8 Å². The van der Waals surface area contributed by atoms with Gasteiger partial charge in [0.15, 0.2) is 0 Å². The summed E-state index contributed by atoms with van der Waals surface area (Å²) in [5.41, 5.74) is 3.70. The van der Waals surface area contributed by atoms with Crippen LogP contribution in [0.4, 0.5) is 0 Å². The van der Waals surface area contributed by atoms with Crippen molar-refractivity contribution in [3.8, 4) is 5.75 Å². The molecule has 0 spiro atoms. The molecular weight excluding hydrogens is 316 g/mol. The SMILES string of the molecule is CNC(=O)c1cccc(CNC(=O)CCOc2ccc(C)cc2C)c1. The van der Waals surface area contributed by atoms with Crippen molar-refractivity contribution < 1.29 is 14.3 Å². The molecule has 0 aliphatic rings. The highest BCUT2D eigenvalue weighted by atomic mass is 16.5. The number of nitrogens with one attached hydrogen (secondary N) is 2. The number of rotatable bonds is 7. The maximum atomic E-state index is 12.0. The van der Waals surface area contributed by atoms with Gasteiger partial charge in [0.2, 0.25) is 5.91 Å². The highest BCUT2D eigenvalue weighted by Crippen LogP contribution is 2.18. The summed E-state index contributed by atoms with van der Waals surface area (Å²) in [6.07, 6.45) is 0.280. The first-order valence-corrected chi connectivity index (χ1v) is 8.27. The summed E-state index contributed by atoms with van der Waals surface area (Å²) < 4.78 is 5.67. The Bertz CT molecular complexity index is 756. The number of aryl methyl sites for hydroxylation is 2. The second kappa shape index (κ2) is 8.87. The maximum Gasteiger partial charge on any atom is 0.251 e. The third-order valence-electron chi connectivity index (χ3n) is 3.82. The summed E-state index contributed by atoms with van der Waals surface area (Å²) in [5, 5.41) is 5.42. The first-order chi connectivity index (χ1) is 12.0.